The van der Waals surface area contributed by atoms with Crippen molar-refractivity contribution in [3.8, 4) is 0 Å². The van der Waals surface area contributed by atoms with Gasteiger partial charge in [0.25, 0.3) is 0 Å². The predicted octanol–water partition coefficient (Wildman–Crippen LogP) is 2.12. The molecule has 0 atom stereocenters. The molecule has 0 aliphatic rings. The van der Waals surface area contributed by atoms with Crippen LogP contribution in [0.3, 0.4) is 0 Å². The van der Waals surface area contributed by atoms with Crippen LogP contribution in [0.4, 0.5) is 10.6 Å². The zero-order valence-electron chi connectivity index (χ0n) is 8.16. The summed E-state index contributed by atoms with van der Waals surface area (Å²) >= 11 is 3.28. The van der Waals surface area contributed by atoms with E-state index in [0.29, 0.717) is 18.8 Å². The molecule has 0 spiro atoms. The van der Waals surface area contributed by atoms with Gasteiger partial charge in [0.05, 0.1) is 6.61 Å². The van der Waals surface area contributed by atoms with E-state index in [-0.39, 0.29) is 0 Å². The topological polar surface area (TPSA) is 71.5 Å². The second-order valence-electron chi connectivity index (χ2n) is 2.83. The van der Waals surface area contributed by atoms with E-state index in [9.17, 15) is 4.79 Å². The van der Waals surface area contributed by atoms with E-state index in [0.717, 1.165) is 10.0 Å². The van der Waals surface area contributed by atoms with Crippen LogP contribution in [0.2, 0.25) is 0 Å². The standard InChI is InChI=1S/C9H11BrN2O3/c1-15-3-2-6-4-7(10)5-11-8(6)12-9(13)14/h4-5H,2-3H2,1H3,(H,11,12)(H,13,14). The molecule has 0 bridgehead atoms. The smallest absolute Gasteiger partial charge is 0.410 e. The molecule has 1 aromatic heterocycles. The minimum atomic E-state index is -1.12. The van der Waals surface area contributed by atoms with Crippen molar-refractivity contribution < 1.29 is 14.6 Å². The summed E-state index contributed by atoms with van der Waals surface area (Å²) < 4.78 is 5.74. The van der Waals surface area contributed by atoms with Gasteiger partial charge in [-0.1, -0.05) is 0 Å². The Morgan fingerprint density at radius 1 is 1.73 bits per heavy atom. The fraction of sp³-hybridized carbons (Fsp3) is 0.333. The van der Waals surface area contributed by atoms with Crippen molar-refractivity contribution >= 4 is 27.8 Å². The van der Waals surface area contributed by atoms with Crippen LogP contribution >= 0.6 is 15.9 Å². The molecular formula is C9H11BrN2O3. The Kier molecular flexibility index (Phi) is 4.51. The number of ether oxygens (including phenoxy) is 1. The van der Waals surface area contributed by atoms with E-state index in [2.05, 4.69) is 26.2 Å². The second kappa shape index (κ2) is 5.67. The summed E-state index contributed by atoms with van der Waals surface area (Å²) in [5.41, 5.74) is 0.800. The lowest BCUT2D eigenvalue weighted by Crippen LogP contribution is -2.11. The molecule has 0 radical (unpaired) electrons. The first kappa shape index (κ1) is 11.9. The van der Waals surface area contributed by atoms with Gasteiger partial charge in [-0.15, -0.1) is 0 Å². The number of halogens is 1. The molecule has 0 aliphatic heterocycles. The van der Waals surface area contributed by atoms with Crippen LogP contribution in [-0.4, -0.2) is 29.9 Å². The summed E-state index contributed by atoms with van der Waals surface area (Å²) in [7, 11) is 1.59. The number of anilines is 1. The molecule has 0 saturated carbocycles. The lowest BCUT2D eigenvalue weighted by molar-refractivity contribution is 0.202. The minimum Gasteiger partial charge on any atom is -0.465 e. The number of carboxylic acid groups (broad SMARTS) is 1. The summed E-state index contributed by atoms with van der Waals surface area (Å²) in [5, 5.41) is 10.8. The first-order valence-electron chi connectivity index (χ1n) is 4.27. The highest BCUT2D eigenvalue weighted by molar-refractivity contribution is 9.10. The number of methoxy groups -OCH3 is 1. The van der Waals surface area contributed by atoms with Gasteiger partial charge >= 0.3 is 6.09 Å². The summed E-state index contributed by atoms with van der Waals surface area (Å²) in [6.45, 7) is 0.520. The van der Waals surface area contributed by atoms with Crippen molar-refractivity contribution in [1.82, 2.24) is 4.98 Å². The van der Waals surface area contributed by atoms with Crippen LogP contribution in [0, 0.1) is 0 Å². The van der Waals surface area contributed by atoms with E-state index in [4.69, 9.17) is 9.84 Å². The maximum atomic E-state index is 10.5. The molecular weight excluding hydrogens is 264 g/mol. The molecule has 1 heterocycles. The number of pyridine rings is 1. The lowest BCUT2D eigenvalue weighted by Gasteiger charge is -2.07. The number of aromatic nitrogens is 1. The first-order chi connectivity index (χ1) is 7.13. The third-order valence-electron chi connectivity index (χ3n) is 1.73. The van der Waals surface area contributed by atoms with E-state index < -0.39 is 6.09 Å². The Bertz CT molecular complexity index is 357. The Morgan fingerprint density at radius 2 is 2.47 bits per heavy atom. The highest BCUT2D eigenvalue weighted by Gasteiger charge is 2.07. The van der Waals surface area contributed by atoms with Crippen LogP contribution < -0.4 is 5.32 Å². The number of hydrogen-bond acceptors (Lipinski definition) is 3. The highest BCUT2D eigenvalue weighted by atomic mass is 79.9. The number of carbonyl (C=O) groups is 1. The molecule has 82 valence electrons. The molecule has 0 fully saturated rings. The molecule has 1 aromatic rings. The summed E-state index contributed by atoms with van der Waals surface area (Å²) in [4.78, 5) is 14.5. The molecule has 0 unspecified atom stereocenters. The van der Waals surface area contributed by atoms with E-state index in [1.54, 1.807) is 13.3 Å². The van der Waals surface area contributed by atoms with Gasteiger partial charge in [-0.3, -0.25) is 5.32 Å². The predicted molar refractivity (Wildman–Crippen MR) is 59.2 cm³/mol. The quantitative estimate of drug-likeness (QED) is 0.882. The molecule has 1 rings (SSSR count). The Morgan fingerprint density at radius 3 is 3.07 bits per heavy atom. The van der Waals surface area contributed by atoms with Crippen LogP contribution in [0.15, 0.2) is 16.7 Å². The van der Waals surface area contributed by atoms with Crippen molar-refractivity contribution in [2.45, 2.75) is 6.42 Å². The van der Waals surface area contributed by atoms with Crippen molar-refractivity contribution in [1.29, 1.82) is 0 Å². The van der Waals surface area contributed by atoms with Crippen LogP contribution in [0.1, 0.15) is 5.56 Å². The van der Waals surface area contributed by atoms with Crippen molar-refractivity contribution in [3.05, 3.63) is 22.3 Å². The number of amides is 1. The Hall–Kier alpha value is -1.14. The third-order valence-corrected chi connectivity index (χ3v) is 2.17. The van der Waals surface area contributed by atoms with Gasteiger partial charge < -0.3 is 9.84 Å². The third kappa shape index (κ3) is 3.85. The molecule has 2 N–H and O–H groups in total. The second-order valence-corrected chi connectivity index (χ2v) is 3.75. The zero-order chi connectivity index (χ0) is 11.3. The largest absolute Gasteiger partial charge is 0.465 e. The molecule has 0 saturated heterocycles. The van der Waals surface area contributed by atoms with E-state index in [1.807, 2.05) is 6.07 Å². The minimum absolute atomic E-state index is 0.350. The SMILES string of the molecule is COCCc1cc(Br)cnc1NC(=O)O. The van der Waals surface area contributed by atoms with Gasteiger partial charge in [0.1, 0.15) is 5.82 Å². The number of rotatable bonds is 4. The van der Waals surface area contributed by atoms with Gasteiger partial charge in [-0.25, -0.2) is 9.78 Å². The molecule has 0 aliphatic carbocycles. The summed E-state index contributed by atoms with van der Waals surface area (Å²) in [6, 6.07) is 1.82. The maximum absolute atomic E-state index is 10.5. The fourth-order valence-corrected chi connectivity index (χ4v) is 1.48. The molecule has 15 heavy (non-hydrogen) atoms. The van der Waals surface area contributed by atoms with Crippen LogP contribution in [0.5, 0.6) is 0 Å². The van der Waals surface area contributed by atoms with Crippen molar-refractivity contribution in [3.63, 3.8) is 0 Å². The molecule has 5 nitrogen and oxygen atoms in total. The Labute approximate surface area is 95.6 Å². The normalized spacial score (nSPS) is 10.0. The molecule has 6 heteroatoms. The van der Waals surface area contributed by atoms with Gasteiger partial charge in [0.15, 0.2) is 0 Å². The summed E-state index contributed by atoms with van der Waals surface area (Å²) in [5.74, 6) is 0.350. The van der Waals surface area contributed by atoms with Gasteiger partial charge in [0.2, 0.25) is 0 Å². The average Bonchev–Trinajstić information content (AvgIpc) is 2.18. The molecule has 0 aromatic carbocycles. The molecule has 1 amide bonds. The fourth-order valence-electron chi connectivity index (χ4n) is 1.10. The first-order valence-corrected chi connectivity index (χ1v) is 5.06. The maximum Gasteiger partial charge on any atom is 0.410 e. The van der Waals surface area contributed by atoms with E-state index in [1.165, 1.54) is 0 Å². The average molecular weight is 275 g/mol. The summed E-state index contributed by atoms with van der Waals surface area (Å²) in [6.07, 6.45) is 1.03. The van der Waals surface area contributed by atoms with Crippen LogP contribution in [-0.2, 0) is 11.2 Å². The monoisotopic (exact) mass is 274 g/mol. The number of nitrogens with zero attached hydrogens (tertiary/aromatic N) is 1. The van der Waals surface area contributed by atoms with Crippen molar-refractivity contribution in [2.24, 2.45) is 0 Å². The lowest BCUT2D eigenvalue weighted by atomic mass is 10.2. The Balaban J connectivity index is 2.87. The number of hydrogen-bond donors (Lipinski definition) is 2. The van der Waals surface area contributed by atoms with Gasteiger partial charge in [0, 0.05) is 17.8 Å². The van der Waals surface area contributed by atoms with E-state index >= 15 is 0 Å². The zero-order valence-corrected chi connectivity index (χ0v) is 9.74. The van der Waals surface area contributed by atoms with Gasteiger partial charge in [-0.2, -0.15) is 0 Å². The van der Waals surface area contributed by atoms with Crippen LogP contribution in [0.25, 0.3) is 0 Å². The van der Waals surface area contributed by atoms with Crippen molar-refractivity contribution in [2.75, 3.05) is 19.0 Å². The highest BCUT2D eigenvalue weighted by Crippen LogP contribution is 2.18. The number of nitrogens with one attached hydrogen (secondary N) is 1. The van der Waals surface area contributed by atoms with Gasteiger partial charge in [-0.05, 0) is 34.0 Å².